The van der Waals surface area contributed by atoms with Gasteiger partial charge in [-0.3, -0.25) is 19.3 Å². The highest BCUT2D eigenvalue weighted by molar-refractivity contribution is 7.71. The summed E-state index contributed by atoms with van der Waals surface area (Å²) in [4.78, 5) is 0. The fourth-order valence-corrected chi connectivity index (χ4v) is 4.65. The van der Waals surface area contributed by atoms with E-state index < -0.39 is 0 Å². The molecule has 6 aromatic rings. The SMILES string of the molecule is S=c1[nH]nc(Cc2ccccc2)n1-c1ccccc1.S=c1[nH]nc(Cc2ccccc2)n1-c1ccccc1. The van der Waals surface area contributed by atoms with E-state index in [0.29, 0.717) is 9.54 Å². The van der Waals surface area contributed by atoms with Gasteiger partial charge in [0.25, 0.3) is 0 Å². The Kier molecular flexibility index (Phi) is 8.13. The smallest absolute Gasteiger partial charge is 0.199 e. The van der Waals surface area contributed by atoms with Crippen LogP contribution in [-0.2, 0) is 12.8 Å². The maximum atomic E-state index is 5.32. The van der Waals surface area contributed by atoms with E-state index in [1.165, 1.54) is 11.1 Å². The minimum Gasteiger partial charge on any atom is -0.272 e. The molecule has 0 unspecified atom stereocenters. The van der Waals surface area contributed by atoms with Crippen molar-refractivity contribution in [1.82, 2.24) is 29.5 Å². The van der Waals surface area contributed by atoms with Gasteiger partial charge in [-0.1, -0.05) is 97.1 Å². The first-order valence-electron chi connectivity index (χ1n) is 12.2. The Bertz CT molecular complexity index is 1560. The number of rotatable bonds is 6. The molecular weight excluding hydrogens is 509 g/mol. The van der Waals surface area contributed by atoms with Crippen LogP contribution in [-0.4, -0.2) is 29.5 Å². The van der Waals surface area contributed by atoms with Crippen LogP contribution in [0, 0.1) is 9.54 Å². The number of benzene rings is 4. The first kappa shape index (κ1) is 25.3. The number of para-hydroxylation sites is 2. The molecule has 0 saturated carbocycles. The van der Waals surface area contributed by atoms with Crippen LogP contribution >= 0.6 is 24.4 Å². The van der Waals surface area contributed by atoms with Crippen LogP contribution in [0.25, 0.3) is 11.4 Å². The van der Waals surface area contributed by atoms with E-state index in [9.17, 15) is 0 Å². The Morgan fingerprint density at radius 3 is 1.13 bits per heavy atom. The molecule has 0 radical (unpaired) electrons. The Morgan fingerprint density at radius 2 is 0.789 bits per heavy atom. The minimum absolute atomic E-state index is 0.622. The maximum absolute atomic E-state index is 5.32. The monoisotopic (exact) mass is 534 g/mol. The van der Waals surface area contributed by atoms with Crippen LogP contribution < -0.4 is 0 Å². The molecule has 188 valence electrons. The van der Waals surface area contributed by atoms with Crippen LogP contribution in [0.1, 0.15) is 22.8 Å². The van der Waals surface area contributed by atoms with Crippen molar-refractivity contribution in [2.75, 3.05) is 0 Å². The normalized spacial score (nSPS) is 10.5. The molecule has 0 fully saturated rings. The van der Waals surface area contributed by atoms with E-state index in [1.54, 1.807) is 0 Å². The molecule has 0 aliphatic carbocycles. The average Bonchev–Trinajstić information content (AvgIpc) is 3.52. The zero-order valence-corrected chi connectivity index (χ0v) is 22.2. The van der Waals surface area contributed by atoms with Gasteiger partial charge < -0.3 is 0 Å². The zero-order chi connectivity index (χ0) is 26.2. The molecule has 0 atom stereocenters. The summed E-state index contributed by atoms with van der Waals surface area (Å²) in [6, 6.07) is 40.6. The van der Waals surface area contributed by atoms with Crippen molar-refractivity contribution in [3.63, 3.8) is 0 Å². The fraction of sp³-hybridized carbons (Fsp3) is 0.0667. The van der Waals surface area contributed by atoms with Gasteiger partial charge in [0, 0.05) is 24.2 Å². The van der Waals surface area contributed by atoms with E-state index in [1.807, 2.05) is 106 Å². The van der Waals surface area contributed by atoms with E-state index in [-0.39, 0.29) is 0 Å². The van der Waals surface area contributed by atoms with Crippen molar-refractivity contribution in [3.05, 3.63) is 154 Å². The summed E-state index contributed by atoms with van der Waals surface area (Å²) in [7, 11) is 0. The van der Waals surface area contributed by atoms with Crippen molar-refractivity contribution < 1.29 is 0 Å². The van der Waals surface area contributed by atoms with Gasteiger partial charge in [-0.2, -0.15) is 10.2 Å². The highest BCUT2D eigenvalue weighted by Crippen LogP contribution is 2.15. The van der Waals surface area contributed by atoms with Gasteiger partial charge in [-0.15, -0.1) is 0 Å². The number of hydrogen-bond acceptors (Lipinski definition) is 4. The van der Waals surface area contributed by atoms with Crippen LogP contribution in [0.15, 0.2) is 121 Å². The third-order valence-corrected chi connectivity index (χ3v) is 6.47. The molecule has 0 aliphatic rings. The van der Waals surface area contributed by atoms with Gasteiger partial charge in [-0.05, 0) is 59.8 Å². The molecule has 38 heavy (non-hydrogen) atoms. The van der Waals surface area contributed by atoms with Crippen molar-refractivity contribution in [3.8, 4) is 11.4 Å². The highest BCUT2D eigenvalue weighted by Gasteiger charge is 2.09. The van der Waals surface area contributed by atoms with Crippen LogP contribution in [0.3, 0.4) is 0 Å². The number of hydrogen-bond donors (Lipinski definition) is 2. The van der Waals surface area contributed by atoms with Crippen molar-refractivity contribution >= 4 is 24.4 Å². The topological polar surface area (TPSA) is 67.2 Å². The Morgan fingerprint density at radius 1 is 0.474 bits per heavy atom. The summed E-state index contributed by atoms with van der Waals surface area (Å²) in [5, 5.41) is 14.4. The summed E-state index contributed by atoms with van der Waals surface area (Å²) >= 11 is 10.6. The molecule has 0 spiro atoms. The lowest BCUT2D eigenvalue weighted by atomic mass is 10.1. The van der Waals surface area contributed by atoms with Gasteiger partial charge in [0.15, 0.2) is 9.54 Å². The summed E-state index contributed by atoms with van der Waals surface area (Å²) in [5.41, 5.74) is 4.50. The van der Waals surface area contributed by atoms with Crippen LogP contribution in [0.4, 0.5) is 0 Å². The zero-order valence-electron chi connectivity index (χ0n) is 20.6. The first-order valence-corrected chi connectivity index (χ1v) is 13.0. The molecule has 2 N–H and O–H groups in total. The van der Waals surface area contributed by atoms with Crippen LogP contribution in [0.5, 0.6) is 0 Å². The molecule has 6 rings (SSSR count). The second-order valence-electron chi connectivity index (χ2n) is 8.56. The van der Waals surface area contributed by atoms with Crippen molar-refractivity contribution in [1.29, 1.82) is 0 Å². The number of nitrogens with one attached hydrogen (secondary N) is 2. The molecule has 0 bridgehead atoms. The predicted octanol–water partition coefficient (Wildman–Crippen LogP) is 7.04. The molecule has 8 heteroatoms. The van der Waals surface area contributed by atoms with Gasteiger partial charge >= 0.3 is 0 Å². The lowest BCUT2D eigenvalue weighted by Gasteiger charge is -2.06. The summed E-state index contributed by atoms with van der Waals surface area (Å²) in [5.74, 6) is 1.84. The van der Waals surface area contributed by atoms with Gasteiger partial charge in [0.05, 0.1) is 0 Å². The quantitative estimate of drug-likeness (QED) is 0.225. The Labute approximate surface area is 231 Å². The second kappa shape index (κ2) is 12.2. The molecule has 0 aliphatic heterocycles. The molecule has 4 aromatic carbocycles. The van der Waals surface area contributed by atoms with Gasteiger partial charge in [0.1, 0.15) is 11.6 Å². The van der Waals surface area contributed by atoms with E-state index in [4.69, 9.17) is 24.4 Å². The van der Waals surface area contributed by atoms with E-state index in [2.05, 4.69) is 44.7 Å². The Balaban J connectivity index is 0.000000155. The highest BCUT2D eigenvalue weighted by atomic mass is 32.1. The third kappa shape index (κ3) is 6.11. The number of aromatic amines is 2. The van der Waals surface area contributed by atoms with Gasteiger partial charge in [0.2, 0.25) is 0 Å². The predicted molar refractivity (Wildman–Crippen MR) is 156 cm³/mol. The minimum atomic E-state index is 0.622. The summed E-state index contributed by atoms with van der Waals surface area (Å²) < 4.78 is 5.19. The first-order chi connectivity index (χ1) is 18.7. The Hall–Kier alpha value is -4.40. The summed E-state index contributed by atoms with van der Waals surface area (Å²) in [6.45, 7) is 0. The number of aromatic nitrogens is 6. The molecule has 2 aromatic heterocycles. The second-order valence-corrected chi connectivity index (χ2v) is 9.33. The molecule has 0 saturated heterocycles. The standard InChI is InChI=1S/2C15H13N3S/c2*19-15-17-16-14(11-12-7-3-1-4-8-12)18(15)13-9-5-2-6-10-13/h2*1-10H,11H2,(H,17,19). The molecule has 6 nitrogen and oxygen atoms in total. The third-order valence-electron chi connectivity index (χ3n) is 5.92. The number of H-pyrrole nitrogens is 2. The average molecular weight is 535 g/mol. The van der Waals surface area contributed by atoms with Crippen LogP contribution in [0.2, 0.25) is 0 Å². The lowest BCUT2D eigenvalue weighted by Crippen LogP contribution is -2.02. The summed E-state index contributed by atoms with van der Waals surface area (Å²) in [6.07, 6.45) is 1.51. The van der Waals surface area contributed by atoms with Gasteiger partial charge in [-0.25, -0.2) is 0 Å². The van der Waals surface area contributed by atoms with E-state index in [0.717, 1.165) is 35.9 Å². The fourth-order valence-electron chi connectivity index (χ4n) is 4.14. The lowest BCUT2D eigenvalue weighted by molar-refractivity contribution is 0.902. The van der Waals surface area contributed by atoms with Crippen molar-refractivity contribution in [2.24, 2.45) is 0 Å². The molecule has 0 amide bonds. The molecular formula is C30H26N6S2. The molecule has 2 heterocycles. The number of nitrogens with zero attached hydrogens (tertiary/aromatic N) is 4. The maximum Gasteiger partial charge on any atom is 0.199 e. The van der Waals surface area contributed by atoms with Crippen molar-refractivity contribution in [2.45, 2.75) is 12.8 Å². The van der Waals surface area contributed by atoms with E-state index >= 15 is 0 Å². The largest absolute Gasteiger partial charge is 0.272 e.